The lowest BCUT2D eigenvalue weighted by atomic mass is 9.85. The van der Waals surface area contributed by atoms with Gasteiger partial charge in [0, 0.05) is 19.6 Å². The lowest BCUT2D eigenvalue weighted by molar-refractivity contribution is -0.139. The first-order valence-electron chi connectivity index (χ1n) is 12.5. The van der Waals surface area contributed by atoms with Gasteiger partial charge >= 0.3 is 12.3 Å². The minimum Gasteiger partial charge on any atom is -0.490 e. The summed E-state index contributed by atoms with van der Waals surface area (Å²) >= 11 is 0. The van der Waals surface area contributed by atoms with Gasteiger partial charge < -0.3 is 19.3 Å². The van der Waals surface area contributed by atoms with Gasteiger partial charge in [-0.2, -0.15) is 13.2 Å². The normalized spacial score (nSPS) is 17.1. The molecule has 1 atom stereocenters. The summed E-state index contributed by atoms with van der Waals surface area (Å²) in [6.07, 6.45) is -4.00. The Morgan fingerprint density at radius 3 is 2.59 bits per heavy atom. The van der Waals surface area contributed by atoms with E-state index in [1.807, 2.05) is 25.1 Å². The van der Waals surface area contributed by atoms with E-state index in [4.69, 9.17) is 19.3 Å². The smallest absolute Gasteiger partial charge is 0.490 e. The van der Waals surface area contributed by atoms with Crippen LogP contribution in [-0.2, 0) is 23.9 Å². The van der Waals surface area contributed by atoms with E-state index in [-0.39, 0.29) is 24.6 Å². The molecule has 0 unspecified atom stereocenters. The highest BCUT2D eigenvalue weighted by Gasteiger charge is 2.35. The van der Waals surface area contributed by atoms with Crippen LogP contribution < -0.4 is 9.47 Å². The second kappa shape index (κ2) is 11.0. The van der Waals surface area contributed by atoms with Crippen LogP contribution in [0.2, 0.25) is 0 Å². The molecular weight excluding hydrogens is 487 g/mol. The third kappa shape index (κ3) is 6.57. The van der Waals surface area contributed by atoms with Crippen LogP contribution in [0.5, 0.6) is 11.5 Å². The summed E-state index contributed by atoms with van der Waals surface area (Å²) in [6.45, 7) is 7.68. The maximum atomic E-state index is 13.6. The number of ether oxygens (including phenoxy) is 3. The summed E-state index contributed by atoms with van der Waals surface area (Å²) in [5, 5.41) is 8.71. The summed E-state index contributed by atoms with van der Waals surface area (Å²) in [4.78, 5) is 12.8. The van der Waals surface area contributed by atoms with E-state index in [1.165, 1.54) is 17.2 Å². The van der Waals surface area contributed by atoms with Crippen LogP contribution in [0, 0.1) is 0 Å². The van der Waals surface area contributed by atoms with Gasteiger partial charge in [-0.1, -0.05) is 24.6 Å². The Morgan fingerprint density at radius 2 is 1.92 bits per heavy atom. The van der Waals surface area contributed by atoms with Gasteiger partial charge in [-0.05, 0) is 79.6 Å². The Bertz CT molecular complexity index is 1170. The number of carboxylic acid groups (broad SMARTS) is 1. The Kier molecular flexibility index (Phi) is 8.02. The van der Waals surface area contributed by atoms with E-state index in [1.54, 1.807) is 13.0 Å². The molecule has 6 nitrogen and oxygen atoms in total. The number of likely N-dealkylation sites (tertiary alicyclic amines) is 1. The van der Waals surface area contributed by atoms with Crippen molar-refractivity contribution in [2.24, 2.45) is 0 Å². The zero-order valence-corrected chi connectivity index (χ0v) is 21.2. The second-order valence-corrected chi connectivity index (χ2v) is 9.70. The fourth-order valence-electron chi connectivity index (χ4n) is 4.69. The van der Waals surface area contributed by atoms with Gasteiger partial charge in [-0.3, -0.25) is 4.90 Å². The molecule has 4 rings (SSSR count). The van der Waals surface area contributed by atoms with Crippen molar-refractivity contribution >= 4 is 11.7 Å². The first-order chi connectivity index (χ1) is 17.5. The summed E-state index contributed by atoms with van der Waals surface area (Å²) in [5.74, 6) is 0.445. The molecule has 1 N–H and O–H groups in total. The zero-order chi connectivity index (χ0) is 26.7. The number of benzene rings is 2. The van der Waals surface area contributed by atoms with Crippen LogP contribution in [0.3, 0.4) is 0 Å². The molecule has 0 aromatic heterocycles. The van der Waals surface area contributed by atoms with Gasteiger partial charge in [-0.15, -0.1) is 0 Å². The number of aryl methyl sites for hydroxylation is 1. The van der Waals surface area contributed by atoms with E-state index < -0.39 is 17.9 Å². The van der Waals surface area contributed by atoms with Gasteiger partial charge in [0.1, 0.15) is 24.2 Å². The van der Waals surface area contributed by atoms with Gasteiger partial charge in [0.05, 0.1) is 11.7 Å². The highest BCUT2D eigenvalue weighted by molar-refractivity contribution is 5.72. The topological polar surface area (TPSA) is 68.2 Å². The predicted molar refractivity (Wildman–Crippen MR) is 133 cm³/mol. The Balaban J connectivity index is 1.40. The molecular formula is C28H32F3NO5. The molecule has 2 aromatic rings. The molecule has 9 heteroatoms. The Hall–Kier alpha value is -3.20. The Morgan fingerprint density at radius 1 is 1.16 bits per heavy atom. The van der Waals surface area contributed by atoms with E-state index in [2.05, 4.69) is 11.8 Å². The van der Waals surface area contributed by atoms with Gasteiger partial charge in [0.15, 0.2) is 0 Å². The van der Waals surface area contributed by atoms with Gasteiger partial charge in [-0.25, -0.2) is 4.79 Å². The quantitative estimate of drug-likeness (QED) is 0.379. The molecule has 0 bridgehead atoms. The van der Waals surface area contributed by atoms with E-state index in [0.29, 0.717) is 30.8 Å². The Labute approximate surface area is 214 Å². The maximum absolute atomic E-state index is 13.6. The molecule has 37 heavy (non-hydrogen) atoms. The summed E-state index contributed by atoms with van der Waals surface area (Å²) in [5.41, 5.74) is 4.41. The van der Waals surface area contributed by atoms with Crippen molar-refractivity contribution in [2.45, 2.75) is 65.0 Å². The molecule has 1 heterocycles. The number of carbonyl (C=O) groups is 1. The first-order valence-corrected chi connectivity index (χ1v) is 12.5. The number of rotatable bonds is 9. The van der Waals surface area contributed by atoms with Gasteiger partial charge in [0.2, 0.25) is 0 Å². The largest absolute Gasteiger partial charge is 0.506 e. The minimum absolute atomic E-state index is 0.0140. The van der Waals surface area contributed by atoms with Gasteiger partial charge in [0.25, 0.3) is 0 Å². The van der Waals surface area contributed by atoms with Crippen molar-refractivity contribution < 1.29 is 37.3 Å². The highest BCUT2D eigenvalue weighted by atomic mass is 19.4. The fraction of sp³-hybridized carbons (Fsp3) is 0.464. The standard InChI is InChI=1S/C28H32F3NO5/c1-4-17(2)36-26-10-5-19(11-25(26)28(29,30)31)16-35-22-8-9-24-18(3)21(7-6-20(24)12-22)13-32-14-23(15-32)37-27(33)34/h5,8-12,17,23H,4,6-7,13-16H2,1-3H3,(H,33,34)/t17-/m0/s1. The third-order valence-corrected chi connectivity index (χ3v) is 6.97. The van der Waals surface area contributed by atoms with Crippen LogP contribution in [-0.4, -0.2) is 48.0 Å². The van der Waals surface area contributed by atoms with E-state index in [9.17, 15) is 18.0 Å². The molecule has 0 radical (unpaired) electrons. The number of fused-ring (bicyclic) bond motifs is 1. The fourth-order valence-corrected chi connectivity index (χ4v) is 4.69. The van der Waals surface area contributed by atoms with Crippen molar-refractivity contribution in [3.63, 3.8) is 0 Å². The van der Waals surface area contributed by atoms with E-state index >= 15 is 0 Å². The van der Waals surface area contributed by atoms with Crippen molar-refractivity contribution in [2.75, 3.05) is 19.6 Å². The van der Waals surface area contributed by atoms with Crippen molar-refractivity contribution in [1.29, 1.82) is 0 Å². The second-order valence-electron chi connectivity index (χ2n) is 9.70. The summed E-state index contributed by atoms with van der Waals surface area (Å²) in [6, 6.07) is 9.86. The SMILES string of the molecule is CC[C@H](C)Oc1ccc(COc2ccc3c(c2)CCC(CN2CC(OC(=O)O)C2)=C3C)cc1C(F)(F)F. The minimum atomic E-state index is -4.52. The molecule has 2 aromatic carbocycles. The zero-order valence-electron chi connectivity index (χ0n) is 21.2. The number of halogens is 3. The molecule has 0 spiro atoms. The lowest BCUT2D eigenvalue weighted by Crippen LogP contribution is -2.53. The maximum Gasteiger partial charge on any atom is 0.506 e. The summed E-state index contributed by atoms with van der Waals surface area (Å²) < 4.78 is 57.0. The average Bonchev–Trinajstić information content (AvgIpc) is 2.82. The monoisotopic (exact) mass is 519 g/mol. The number of allylic oxidation sites excluding steroid dienone is 1. The van der Waals surface area contributed by atoms with Crippen LogP contribution in [0.1, 0.15) is 55.9 Å². The number of hydrogen-bond acceptors (Lipinski definition) is 5. The molecule has 0 amide bonds. The van der Waals surface area contributed by atoms with Crippen LogP contribution in [0.15, 0.2) is 42.0 Å². The molecule has 1 aliphatic heterocycles. The number of nitrogens with zero attached hydrogens (tertiary/aromatic N) is 1. The molecule has 1 saturated heterocycles. The molecule has 2 aliphatic rings. The number of hydrogen-bond donors (Lipinski definition) is 1. The van der Waals surface area contributed by atoms with Crippen LogP contribution in [0.25, 0.3) is 5.57 Å². The number of alkyl halides is 3. The van der Waals surface area contributed by atoms with Crippen molar-refractivity contribution in [3.05, 3.63) is 64.2 Å². The van der Waals surface area contributed by atoms with Crippen LogP contribution in [0.4, 0.5) is 18.0 Å². The highest BCUT2D eigenvalue weighted by Crippen LogP contribution is 2.38. The molecule has 200 valence electrons. The van der Waals surface area contributed by atoms with Crippen molar-refractivity contribution in [3.8, 4) is 11.5 Å². The van der Waals surface area contributed by atoms with E-state index in [0.717, 1.165) is 36.6 Å². The van der Waals surface area contributed by atoms with Crippen LogP contribution >= 0.6 is 0 Å². The summed E-state index contributed by atoms with van der Waals surface area (Å²) in [7, 11) is 0. The molecule has 1 fully saturated rings. The average molecular weight is 520 g/mol. The predicted octanol–water partition coefficient (Wildman–Crippen LogP) is 6.56. The van der Waals surface area contributed by atoms with Crippen molar-refractivity contribution in [1.82, 2.24) is 4.90 Å². The molecule has 0 saturated carbocycles. The lowest BCUT2D eigenvalue weighted by Gasteiger charge is -2.39. The molecule has 1 aliphatic carbocycles. The first kappa shape index (κ1) is 26.9. The third-order valence-electron chi connectivity index (χ3n) is 6.97.